The first-order valence-electron chi connectivity index (χ1n) is 5.11. The van der Waals surface area contributed by atoms with E-state index in [1.54, 1.807) is 13.0 Å². The van der Waals surface area contributed by atoms with Gasteiger partial charge in [0.15, 0.2) is 6.10 Å². The van der Waals surface area contributed by atoms with Crippen LogP contribution in [0.2, 0.25) is 0 Å². The lowest BCUT2D eigenvalue weighted by Gasteiger charge is -2.13. The topological polar surface area (TPSA) is 72.8 Å². The van der Waals surface area contributed by atoms with Crippen LogP contribution >= 0.6 is 0 Å². The molecule has 0 saturated carbocycles. The van der Waals surface area contributed by atoms with E-state index in [0.29, 0.717) is 12.0 Å². The Balaban J connectivity index is 3.08. The minimum atomic E-state index is -1.48. The molecular weight excluding hydrogens is 224 g/mol. The van der Waals surface area contributed by atoms with Crippen LogP contribution in [0.5, 0.6) is 5.75 Å². The molecule has 1 N–H and O–H groups in total. The van der Waals surface area contributed by atoms with Crippen LogP contribution in [0.1, 0.15) is 28.9 Å². The molecule has 0 aliphatic carbocycles. The number of methoxy groups -OCH3 is 1. The summed E-state index contributed by atoms with van der Waals surface area (Å²) in [5.74, 6) is -0.335. The minimum absolute atomic E-state index is 0.163. The van der Waals surface area contributed by atoms with E-state index in [0.717, 1.165) is 0 Å². The largest absolute Gasteiger partial charge is 0.497 e. The summed E-state index contributed by atoms with van der Waals surface area (Å²) in [6.45, 7) is 1.80. The number of benzene rings is 1. The van der Waals surface area contributed by atoms with Gasteiger partial charge in [-0.3, -0.25) is 4.79 Å². The molecule has 1 aromatic rings. The highest BCUT2D eigenvalue weighted by atomic mass is 16.5. The number of hydrogen-bond acceptors (Lipinski definition) is 5. The lowest BCUT2D eigenvalue weighted by Crippen LogP contribution is -2.17. The Bertz CT molecular complexity index is 413. The fourth-order valence-corrected chi connectivity index (χ4v) is 1.37. The molecule has 17 heavy (non-hydrogen) atoms. The lowest BCUT2D eigenvalue weighted by atomic mass is 10.0. The predicted octanol–water partition coefficient (Wildman–Crippen LogP) is 1.10. The summed E-state index contributed by atoms with van der Waals surface area (Å²) in [6.07, 6.45) is -0.915. The van der Waals surface area contributed by atoms with Crippen molar-refractivity contribution in [1.29, 1.82) is 0 Å². The Morgan fingerprint density at radius 1 is 1.53 bits per heavy atom. The Kier molecular flexibility index (Phi) is 4.66. The summed E-state index contributed by atoms with van der Waals surface area (Å²) >= 11 is 0. The SMILES string of the molecule is CCOC(=O)C(O)c1cc(OC)ccc1C=O. The molecule has 0 bridgehead atoms. The van der Waals surface area contributed by atoms with Gasteiger partial charge in [-0.25, -0.2) is 4.79 Å². The van der Waals surface area contributed by atoms with Gasteiger partial charge in [-0.2, -0.15) is 0 Å². The summed E-state index contributed by atoms with van der Waals surface area (Å²) in [6, 6.07) is 4.49. The molecule has 0 amide bonds. The maximum absolute atomic E-state index is 11.4. The number of rotatable bonds is 5. The maximum atomic E-state index is 11.4. The third-order valence-corrected chi connectivity index (χ3v) is 2.23. The highest BCUT2D eigenvalue weighted by Crippen LogP contribution is 2.23. The quantitative estimate of drug-likeness (QED) is 0.614. The Labute approximate surface area is 99.0 Å². The Morgan fingerprint density at radius 2 is 2.24 bits per heavy atom. The van der Waals surface area contributed by atoms with Gasteiger partial charge in [-0.15, -0.1) is 0 Å². The number of ether oxygens (including phenoxy) is 2. The number of carbonyl (C=O) groups is 2. The number of aldehydes is 1. The van der Waals surface area contributed by atoms with Crippen molar-refractivity contribution >= 4 is 12.3 Å². The zero-order valence-electron chi connectivity index (χ0n) is 9.67. The fourth-order valence-electron chi connectivity index (χ4n) is 1.37. The van der Waals surface area contributed by atoms with Crippen LogP contribution in [0.25, 0.3) is 0 Å². The highest BCUT2D eigenvalue weighted by molar-refractivity contribution is 5.84. The molecule has 5 heteroatoms. The summed E-state index contributed by atoms with van der Waals surface area (Å²) in [7, 11) is 1.45. The van der Waals surface area contributed by atoms with Crippen molar-refractivity contribution in [3.05, 3.63) is 29.3 Å². The average Bonchev–Trinajstić information content (AvgIpc) is 2.37. The molecule has 0 spiro atoms. The fraction of sp³-hybridized carbons (Fsp3) is 0.333. The Morgan fingerprint density at radius 3 is 2.76 bits per heavy atom. The van der Waals surface area contributed by atoms with Crippen molar-refractivity contribution in [2.45, 2.75) is 13.0 Å². The van der Waals surface area contributed by atoms with Gasteiger partial charge in [0.1, 0.15) is 12.0 Å². The molecule has 5 nitrogen and oxygen atoms in total. The molecule has 0 aliphatic heterocycles. The molecule has 1 unspecified atom stereocenters. The van der Waals surface area contributed by atoms with Gasteiger partial charge in [-0.1, -0.05) is 0 Å². The zero-order valence-corrected chi connectivity index (χ0v) is 9.67. The molecule has 0 heterocycles. The molecule has 1 aromatic carbocycles. The molecule has 0 saturated heterocycles. The maximum Gasteiger partial charge on any atom is 0.339 e. The van der Waals surface area contributed by atoms with Gasteiger partial charge in [0.25, 0.3) is 0 Å². The molecule has 92 valence electrons. The molecule has 0 aromatic heterocycles. The second-order valence-electron chi connectivity index (χ2n) is 3.27. The van der Waals surface area contributed by atoms with Crippen molar-refractivity contribution in [1.82, 2.24) is 0 Å². The first-order valence-corrected chi connectivity index (χ1v) is 5.11. The van der Waals surface area contributed by atoms with E-state index in [1.165, 1.54) is 19.2 Å². The highest BCUT2D eigenvalue weighted by Gasteiger charge is 2.22. The van der Waals surface area contributed by atoms with Gasteiger partial charge in [0.05, 0.1) is 13.7 Å². The van der Waals surface area contributed by atoms with Crippen LogP contribution in [0.3, 0.4) is 0 Å². The lowest BCUT2D eigenvalue weighted by molar-refractivity contribution is -0.153. The van der Waals surface area contributed by atoms with Crippen LogP contribution in [0.15, 0.2) is 18.2 Å². The Hall–Kier alpha value is -1.88. The van der Waals surface area contributed by atoms with Gasteiger partial charge >= 0.3 is 5.97 Å². The molecule has 0 aliphatic rings. The van der Waals surface area contributed by atoms with Crippen LogP contribution < -0.4 is 4.74 Å². The zero-order chi connectivity index (χ0) is 12.8. The van der Waals surface area contributed by atoms with E-state index in [4.69, 9.17) is 4.74 Å². The molecule has 0 fully saturated rings. The average molecular weight is 238 g/mol. The summed E-state index contributed by atoms with van der Waals surface area (Å²) in [4.78, 5) is 22.2. The minimum Gasteiger partial charge on any atom is -0.497 e. The standard InChI is InChI=1S/C12H14O5/c1-3-17-12(15)11(14)10-6-9(16-2)5-4-8(10)7-13/h4-7,11,14H,3H2,1-2H3. The predicted molar refractivity (Wildman–Crippen MR) is 60.0 cm³/mol. The first-order chi connectivity index (χ1) is 8.13. The van der Waals surface area contributed by atoms with Gasteiger partial charge in [0, 0.05) is 11.1 Å². The van der Waals surface area contributed by atoms with E-state index in [2.05, 4.69) is 4.74 Å². The second-order valence-corrected chi connectivity index (χ2v) is 3.27. The van der Waals surface area contributed by atoms with Crippen LogP contribution in [0.4, 0.5) is 0 Å². The summed E-state index contributed by atoms with van der Waals surface area (Å²) in [5, 5.41) is 9.76. The van der Waals surface area contributed by atoms with Crippen LogP contribution in [-0.4, -0.2) is 31.1 Å². The van der Waals surface area contributed by atoms with Crippen molar-refractivity contribution in [3.63, 3.8) is 0 Å². The van der Waals surface area contributed by atoms with Gasteiger partial charge in [-0.05, 0) is 25.1 Å². The number of aliphatic hydroxyl groups is 1. The number of carbonyl (C=O) groups excluding carboxylic acids is 2. The van der Waals surface area contributed by atoms with E-state index in [-0.39, 0.29) is 17.7 Å². The molecular formula is C12H14O5. The molecule has 1 rings (SSSR count). The third kappa shape index (κ3) is 3.04. The van der Waals surface area contributed by atoms with E-state index in [9.17, 15) is 14.7 Å². The molecule has 1 atom stereocenters. The smallest absolute Gasteiger partial charge is 0.339 e. The van der Waals surface area contributed by atoms with Crippen LogP contribution in [-0.2, 0) is 9.53 Å². The first kappa shape index (κ1) is 13.2. The van der Waals surface area contributed by atoms with Gasteiger partial charge < -0.3 is 14.6 Å². The van der Waals surface area contributed by atoms with Crippen molar-refractivity contribution in [2.24, 2.45) is 0 Å². The normalized spacial score (nSPS) is 11.7. The van der Waals surface area contributed by atoms with Crippen molar-refractivity contribution < 1.29 is 24.2 Å². The van der Waals surface area contributed by atoms with Crippen molar-refractivity contribution in [2.75, 3.05) is 13.7 Å². The molecule has 0 radical (unpaired) electrons. The summed E-state index contributed by atoms with van der Waals surface area (Å²) < 4.78 is 9.65. The number of esters is 1. The summed E-state index contributed by atoms with van der Waals surface area (Å²) in [5.41, 5.74) is 0.407. The van der Waals surface area contributed by atoms with E-state index < -0.39 is 12.1 Å². The second kappa shape index (κ2) is 6.00. The number of aliphatic hydroxyl groups excluding tert-OH is 1. The van der Waals surface area contributed by atoms with E-state index in [1.807, 2.05) is 0 Å². The van der Waals surface area contributed by atoms with Crippen molar-refractivity contribution in [3.8, 4) is 5.75 Å². The van der Waals surface area contributed by atoms with Crippen LogP contribution in [0, 0.1) is 0 Å². The monoisotopic (exact) mass is 238 g/mol. The third-order valence-electron chi connectivity index (χ3n) is 2.23. The van der Waals surface area contributed by atoms with E-state index >= 15 is 0 Å². The van der Waals surface area contributed by atoms with Gasteiger partial charge in [0.2, 0.25) is 0 Å². The number of hydrogen-bond donors (Lipinski definition) is 1.